The smallest absolute Gasteiger partial charge is 0.410 e. The Labute approximate surface area is 125 Å². The molecule has 1 amide bonds. The number of hydrogen-bond donors (Lipinski definition) is 1. The Hall–Kier alpha value is -1.75. The predicted octanol–water partition coefficient (Wildman–Crippen LogP) is 2.74. The number of hydrogen-bond acceptors (Lipinski definition) is 4. The lowest BCUT2D eigenvalue weighted by Gasteiger charge is -2.29. The molecular formula is C16H23NO4. The first-order valence-corrected chi connectivity index (χ1v) is 7.13. The number of carbonyl (C=O) groups is 1. The molecule has 1 heterocycles. The molecule has 0 unspecified atom stereocenters. The van der Waals surface area contributed by atoms with Crippen LogP contribution >= 0.6 is 0 Å². The summed E-state index contributed by atoms with van der Waals surface area (Å²) in [4.78, 5) is 13.9. The Balaban J connectivity index is 2.19. The van der Waals surface area contributed by atoms with E-state index in [-0.39, 0.29) is 12.1 Å². The highest BCUT2D eigenvalue weighted by Gasteiger charge is 2.39. The van der Waals surface area contributed by atoms with Crippen LogP contribution in [0.1, 0.15) is 38.8 Å². The molecule has 0 aromatic heterocycles. The molecule has 5 heteroatoms. The lowest BCUT2D eigenvalue weighted by molar-refractivity contribution is 0.0152. The zero-order valence-electron chi connectivity index (χ0n) is 13.0. The van der Waals surface area contributed by atoms with Gasteiger partial charge in [-0.15, -0.1) is 0 Å². The summed E-state index contributed by atoms with van der Waals surface area (Å²) in [5, 5.41) is 10.2. The van der Waals surface area contributed by atoms with E-state index in [1.54, 1.807) is 12.0 Å². The van der Waals surface area contributed by atoms with E-state index in [1.165, 1.54) is 0 Å². The first-order valence-electron chi connectivity index (χ1n) is 7.13. The lowest BCUT2D eigenvalue weighted by Crippen LogP contribution is -2.38. The third-order valence-electron chi connectivity index (χ3n) is 3.45. The summed E-state index contributed by atoms with van der Waals surface area (Å²) in [6.07, 6.45) is -0.415. The molecule has 1 N–H and O–H groups in total. The van der Waals surface area contributed by atoms with Crippen LogP contribution in [0.4, 0.5) is 4.79 Å². The van der Waals surface area contributed by atoms with Crippen molar-refractivity contribution in [2.24, 2.45) is 0 Å². The maximum atomic E-state index is 12.3. The third kappa shape index (κ3) is 3.67. The summed E-state index contributed by atoms with van der Waals surface area (Å²) in [6.45, 7) is 5.99. The van der Waals surface area contributed by atoms with Crippen molar-refractivity contribution in [2.75, 3.05) is 13.7 Å². The number of aliphatic hydroxyl groups is 1. The highest BCUT2D eigenvalue weighted by molar-refractivity contribution is 5.69. The van der Waals surface area contributed by atoms with Gasteiger partial charge in [-0.25, -0.2) is 4.79 Å². The molecule has 116 valence electrons. The molecule has 21 heavy (non-hydrogen) atoms. The molecule has 0 spiro atoms. The van der Waals surface area contributed by atoms with Gasteiger partial charge in [-0.2, -0.15) is 0 Å². The Kier molecular flexibility index (Phi) is 4.42. The number of amides is 1. The number of ether oxygens (including phenoxy) is 2. The summed E-state index contributed by atoms with van der Waals surface area (Å²) in [5.41, 5.74) is 0.335. The molecule has 1 aliphatic heterocycles. The summed E-state index contributed by atoms with van der Waals surface area (Å²) >= 11 is 0. The van der Waals surface area contributed by atoms with Crippen LogP contribution in [0.25, 0.3) is 0 Å². The lowest BCUT2D eigenvalue weighted by atomic mass is 10.0. The molecule has 1 fully saturated rings. The minimum absolute atomic E-state index is 0.370. The minimum atomic E-state index is -0.578. The van der Waals surface area contributed by atoms with E-state index in [1.807, 2.05) is 45.0 Å². The quantitative estimate of drug-likeness (QED) is 0.911. The van der Waals surface area contributed by atoms with Gasteiger partial charge in [0, 0.05) is 6.54 Å². The van der Waals surface area contributed by atoms with Crippen molar-refractivity contribution in [1.29, 1.82) is 0 Å². The maximum Gasteiger partial charge on any atom is 0.410 e. The second-order valence-electron chi connectivity index (χ2n) is 6.25. The van der Waals surface area contributed by atoms with E-state index in [0.717, 1.165) is 11.3 Å². The molecule has 0 bridgehead atoms. The first-order chi connectivity index (χ1) is 9.81. The van der Waals surface area contributed by atoms with Crippen LogP contribution in [-0.4, -0.2) is 41.5 Å². The third-order valence-corrected chi connectivity index (χ3v) is 3.45. The van der Waals surface area contributed by atoms with Gasteiger partial charge in [0.25, 0.3) is 0 Å². The zero-order valence-corrected chi connectivity index (χ0v) is 13.0. The van der Waals surface area contributed by atoms with Crippen molar-refractivity contribution < 1.29 is 19.4 Å². The summed E-state index contributed by atoms with van der Waals surface area (Å²) in [7, 11) is 1.60. The number of methoxy groups -OCH3 is 1. The first kappa shape index (κ1) is 15.6. The standard InChI is InChI=1S/C16H23NO4/c1-16(2,3)21-15(19)17-10-9-13(18)14(17)11-5-7-12(20-4)8-6-11/h5-8,13-14,18H,9-10H2,1-4H3/t13-,14-/m0/s1. The van der Waals surface area contributed by atoms with Crippen molar-refractivity contribution in [3.63, 3.8) is 0 Å². The summed E-state index contributed by atoms with van der Waals surface area (Å²) in [6, 6.07) is 7.03. The summed E-state index contributed by atoms with van der Waals surface area (Å²) < 4.78 is 10.5. The molecule has 2 atom stereocenters. The fraction of sp³-hybridized carbons (Fsp3) is 0.562. The van der Waals surface area contributed by atoms with Crippen molar-refractivity contribution in [3.8, 4) is 5.75 Å². The number of carbonyl (C=O) groups excluding carboxylic acids is 1. The highest BCUT2D eigenvalue weighted by Crippen LogP contribution is 2.34. The average Bonchev–Trinajstić information content (AvgIpc) is 2.79. The van der Waals surface area contributed by atoms with Crippen molar-refractivity contribution in [1.82, 2.24) is 4.90 Å². The molecule has 0 radical (unpaired) electrons. The van der Waals surface area contributed by atoms with Crippen LogP contribution in [0.15, 0.2) is 24.3 Å². The average molecular weight is 293 g/mol. The van der Waals surface area contributed by atoms with E-state index in [4.69, 9.17) is 9.47 Å². The highest BCUT2D eigenvalue weighted by atomic mass is 16.6. The van der Waals surface area contributed by atoms with Gasteiger partial charge < -0.3 is 14.6 Å². The Morgan fingerprint density at radius 1 is 1.29 bits per heavy atom. The minimum Gasteiger partial charge on any atom is -0.497 e. The van der Waals surface area contributed by atoms with Crippen molar-refractivity contribution in [2.45, 2.75) is 44.9 Å². The maximum absolute atomic E-state index is 12.3. The Morgan fingerprint density at radius 3 is 2.43 bits per heavy atom. The molecule has 1 aliphatic rings. The number of rotatable bonds is 2. The van der Waals surface area contributed by atoms with Gasteiger partial charge in [-0.1, -0.05) is 12.1 Å². The van der Waals surface area contributed by atoms with E-state index in [9.17, 15) is 9.90 Å². The normalized spacial score (nSPS) is 22.2. The van der Waals surface area contributed by atoms with Gasteiger partial charge in [0.1, 0.15) is 11.4 Å². The monoisotopic (exact) mass is 293 g/mol. The fourth-order valence-electron chi connectivity index (χ4n) is 2.50. The van der Waals surface area contributed by atoms with Crippen LogP contribution in [0.2, 0.25) is 0 Å². The molecule has 1 aromatic carbocycles. The number of aliphatic hydroxyl groups excluding tert-OH is 1. The molecule has 0 aliphatic carbocycles. The van der Waals surface area contributed by atoms with Gasteiger partial charge in [0.2, 0.25) is 0 Å². The van der Waals surface area contributed by atoms with Gasteiger partial charge in [-0.05, 0) is 44.9 Å². The molecule has 2 rings (SSSR count). The van der Waals surface area contributed by atoms with Crippen LogP contribution in [-0.2, 0) is 4.74 Å². The number of benzene rings is 1. The largest absolute Gasteiger partial charge is 0.497 e. The van der Waals surface area contributed by atoms with E-state index < -0.39 is 11.7 Å². The molecule has 1 saturated heterocycles. The predicted molar refractivity (Wildman–Crippen MR) is 79.3 cm³/mol. The second kappa shape index (κ2) is 5.93. The number of nitrogens with zero attached hydrogens (tertiary/aromatic N) is 1. The van der Waals surface area contributed by atoms with Crippen LogP contribution < -0.4 is 4.74 Å². The SMILES string of the molecule is COc1ccc([C@H]2[C@@H](O)CCN2C(=O)OC(C)(C)C)cc1. The molecular weight excluding hydrogens is 270 g/mol. The Morgan fingerprint density at radius 2 is 1.90 bits per heavy atom. The van der Waals surface area contributed by atoms with Crippen LogP contribution in [0.5, 0.6) is 5.75 Å². The van der Waals surface area contributed by atoms with E-state index >= 15 is 0 Å². The van der Waals surface area contributed by atoms with E-state index in [2.05, 4.69) is 0 Å². The molecule has 1 aromatic rings. The van der Waals surface area contributed by atoms with Crippen LogP contribution in [0, 0.1) is 0 Å². The number of likely N-dealkylation sites (tertiary alicyclic amines) is 1. The Bertz CT molecular complexity index is 492. The van der Waals surface area contributed by atoms with Crippen molar-refractivity contribution in [3.05, 3.63) is 29.8 Å². The van der Waals surface area contributed by atoms with Gasteiger partial charge in [0.15, 0.2) is 0 Å². The van der Waals surface area contributed by atoms with Gasteiger partial charge >= 0.3 is 6.09 Å². The van der Waals surface area contributed by atoms with E-state index in [0.29, 0.717) is 13.0 Å². The second-order valence-corrected chi connectivity index (χ2v) is 6.25. The molecule has 5 nitrogen and oxygen atoms in total. The molecule has 0 saturated carbocycles. The van der Waals surface area contributed by atoms with Gasteiger partial charge in [-0.3, -0.25) is 4.90 Å². The summed E-state index contributed by atoms with van der Waals surface area (Å²) in [5.74, 6) is 0.745. The zero-order chi connectivity index (χ0) is 15.6. The van der Waals surface area contributed by atoms with Crippen molar-refractivity contribution >= 4 is 6.09 Å². The van der Waals surface area contributed by atoms with Crippen LogP contribution in [0.3, 0.4) is 0 Å². The fourth-order valence-corrected chi connectivity index (χ4v) is 2.50. The van der Waals surface area contributed by atoms with Gasteiger partial charge in [0.05, 0.1) is 19.3 Å². The topological polar surface area (TPSA) is 59.0 Å².